The number of likely N-dealkylation sites (tertiary alicyclic amines) is 1. The van der Waals surface area contributed by atoms with Crippen molar-refractivity contribution in [1.29, 1.82) is 0 Å². The Labute approximate surface area is 124 Å². The van der Waals surface area contributed by atoms with E-state index in [2.05, 4.69) is 0 Å². The molecule has 1 aliphatic heterocycles. The fraction of sp³-hybridized carbons (Fsp3) is 0.500. The van der Waals surface area contributed by atoms with Crippen molar-refractivity contribution in [3.8, 4) is 0 Å². The lowest BCUT2D eigenvalue weighted by molar-refractivity contribution is -0.142. The highest BCUT2D eigenvalue weighted by Crippen LogP contribution is 2.34. The summed E-state index contributed by atoms with van der Waals surface area (Å²) in [6, 6.07) is 8.58. The van der Waals surface area contributed by atoms with Crippen molar-refractivity contribution in [3.63, 3.8) is 0 Å². The Kier molecular flexibility index (Phi) is 4.21. The van der Waals surface area contributed by atoms with Crippen LogP contribution in [-0.4, -0.2) is 40.3 Å². The number of amides is 1. The second kappa shape index (κ2) is 5.76. The first kappa shape index (κ1) is 15.4. The van der Waals surface area contributed by atoms with Crippen molar-refractivity contribution in [2.45, 2.75) is 44.8 Å². The average Bonchev–Trinajstić information content (AvgIpc) is 2.82. The molecule has 0 spiro atoms. The van der Waals surface area contributed by atoms with Gasteiger partial charge in [0.15, 0.2) is 0 Å². The van der Waals surface area contributed by atoms with E-state index in [1.165, 1.54) is 4.90 Å². The van der Waals surface area contributed by atoms with E-state index >= 15 is 0 Å². The molecule has 0 aliphatic carbocycles. The summed E-state index contributed by atoms with van der Waals surface area (Å²) in [4.78, 5) is 25.1. The second-order valence-electron chi connectivity index (χ2n) is 6.26. The normalized spacial score (nSPS) is 22.1. The van der Waals surface area contributed by atoms with Gasteiger partial charge in [-0.25, -0.2) is 9.59 Å². The van der Waals surface area contributed by atoms with Gasteiger partial charge in [-0.05, 0) is 32.8 Å². The molecule has 1 fully saturated rings. The molecule has 5 heteroatoms. The SMILES string of the molecule is CC(C)(C)OC(=O)N1CCC(c2ccccc2)[C@H]1C(=O)O. The largest absolute Gasteiger partial charge is 0.480 e. The van der Waals surface area contributed by atoms with Crippen LogP contribution < -0.4 is 0 Å². The molecule has 1 amide bonds. The Morgan fingerprint density at radius 1 is 1.24 bits per heavy atom. The first-order valence-electron chi connectivity index (χ1n) is 7.07. The maximum Gasteiger partial charge on any atom is 0.411 e. The lowest BCUT2D eigenvalue weighted by atomic mass is 9.92. The van der Waals surface area contributed by atoms with Crippen LogP contribution in [0, 0.1) is 0 Å². The van der Waals surface area contributed by atoms with E-state index in [0.717, 1.165) is 5.56 Å². The molecular weight excluding hydrogens is 270 g/mol. The first-order valence-corrected chi connectivity index (χ1v) is 7.07. The number of hydrogen-bond acceptors (Lipinski definition) is 3. The van der Waals surface area contributed by atoms with Gasteiger partial charge in [-0.15, -0.1) is 0 Å². The Hall–Kier alpha value is -2.04. The van der Waals surface area contributed by atoms with E-state index in [4.69, 9.17) is 4.74 Å². The fourth-order valence-electron chi connectivity index (χ4n) is 2.67. The number of carbonyl (C=O) groups is 2. The molecule has 1 heterocycles. The van der Waals surface area contributed by atoms with Crippen molar-refractivity contribution in [2.75, 3.05) is 6.54 Å². The van der Waals surface area contributed by atoms with Gasteiger partial charge in [-0.1, -0.05) is 30.3 Å². The number of benzene rings is 1. The summed E-state index contributed by atoms with van der Waals surface area (Å²) >= 11 is 0. The Morgan fingerprint density at radius 3 is 2.38 bits per heavy atom. The topological polar surface area (TPSA) is 66.8 Å². The molecule has 1 saturated heterocycles. The zero-order valence-corrected chi connectivity index (χ0v) is 12.6. The minimum absolute atomic E-state index is 0.198. The van der Waals surface area contributed by atoms with Crippen LogP contribution >= 0.6 is 0 Å². The molecule has 2 atom stereocenters. The van der Waals surface area contributed by atoms with Crippen LogP contribution in [0.4, 0.5) is 4.79 Å². The number of rotatable bonds is 2. The third-order valence-corrected chi connectivity index (χ3v) is 3.51. The highest BCUT2D eigenvalue weighted by molar-refractivity contribution is 5.82. The van der Waals surface area contributed by atoms with Gasteiger partial charge >= 0.3 is 12.1 Å². The average molecular weight is 291 g/mol. The first-order chi connectivity index (χ1) is 9.79. The lowest BCUT2D eigenvalue weighted by Crippen LogP contribution is -2.45. The van der Waals surface area contributed by atoms with E-state index in [1.54, 1.807) is 20.8 Å². The smallest absolute Gasteiger partial charge is 0.411 e. The molecule has 1 unspecified atom stereocenters. The Morgan fingerprint density at radius 2 is 1.86 bits per heavy atom. The van der Waals surface area contributed by atoms with Gasteiger partial charge in [0.05, 0.1) is 0 Å². The Bertz CT molecular complexity index is 521. The molecule has 2 rings (SSSR count). The maximum atomic E-state index is 12.2. The quantitative estimate of drug-likeness (QED) is 0.909. The maximum absolute atomic E-state index is 12.2. The number of carboxylic acid groups (broad SMARTS) is 1. The van der Waals surface area contributed by atoms with Crippen LogP contribution in [0.25, 0.3) is 0 Å². The van der Waals surface area contributed by atoms with Gasteiger partial charge in [-0.3, -0.25) is 4.90 Å². The van der Waals surface area contributed by atoms with E-state index in [1.807, 2.05) is 30.3 Å². The van der Waals surface area contributed by atoms with E-state index in [0.29, 0.717) is 13.0 Å². The summed E-state index contributed by atoms with van der Waals surface area (Å²) in [6.45, 7) is 5.70. The Balaban J connectivity index is 2.22. The van der Waals surface area contributed by atoms with Gasteiger partial charge in [0, 0.05) is 12.5 Å². The number of aliphatic carboxylic acids is 1. The summed E-state index contributed by atoms with van der Waals surface area (Å²) in [5, 5.41) is 9.51. The van der Waals surface area contributed by atoms with Gasteiger partial charge in [0.25, 0.3) is 0 Å². The van der Waals surface area contributed by atoms with Gasteiger partial charge in [0.2, 0.25) is 0 Å². The van der Waals surface area contributed by atoms with Crippen LogP contribution in [0.3, 0.4) is 0 Å². The van der Waals surface area contributed by atoms with Crippen LogP contribution in [0.2, 0.25) is 0 Å². The number of carbonyl (C=O) groups excluding carboxylic acids is 1. The van der Waals surface area contributed by atoms with E-state index in [9.17, 15) is 14.7 Å². The zero-order valence-electron chi connectivity index (χ0n) is 12.6. The predicted octanol–water partition coefficient (Wildman–Crippen LogP) is 2.86. The second-order valence-corrected chi connectivity index (χ2v) is 6.26. The third kappa shape index (κ3) is 3.54. The number of ether oxygens (including phenoxy) is 1. The highest BCUT2D eigenvalue weighted by Gasteiger charge is 2.44. The van der Waals surface area contributed by atoms with Crippen molar-refractivity contribution >= 4 is 12.1 Å². The number of nitrogens with zero attached hydrogens (tertiary/aromatic N) is 1. The molecule has 0 radical (unpaired) electrons. The van der Waals surface area contributed by atoms with Crippen molar-refractivity contribution in [3.05, 3.63) is 35.9 Å². The monoisotopic (exact) mass is 291 g/mol. The molecule has 21 heavy (non-hydrogen) atoms. The van der Waals surface area contributed by atoms with Gasteiger partial charge < -0.3 is 9.84 Å². The zero-order chi connectivity index (χ0) is 15.6. The molecule has 1 aliphatic rings. The van der Waals surface area contributed by atoms with Crippen molar-refractivity contribution in [1.82, 2.24) is 4.90 Å². The lowest BCUT2D eigenvalue weighted by Gasteiger charge is -2.28. The molecule has 0 bridgehead atoms. The molecule has 114 valence electrons. The highest BCUT2D eigenvalue weighted by atomic mass is 16.6. The van der Waals surface area contributed by atoms with E-state index in [-0.39, 0.29) is 5.92 Å². The van der Waals surface area contributed by atoms with Crippen molar-refractivity contribution in [2.24, 2.45) is 0 Å². The third-order valence-electron chi connectivity index (χ3n) is 3.51. The number of hydrogen-bond donors (Lipinski definition) is 1. The van der Waals surface area contributed by atoms with Gasteiger partial charge in [0.1, 0.15) is 11.6 Å². The van der Waals surface area contributed by atoms with E-state index < -0.39 is 23.7 Å². The summed E-state index contributed by atoms with van der Waals surface area (Å²) in [5.74, 6) is -1.19. The van der Waals surface area contributed by atoms with Gasteiger partial charge in [-0.2, -0.15) is 0 Å². The molecule has 0 saturated carbocycles. The van der Waals surface area contributed by atoms with Crippen LogP contribution in [0.15, 0.2) is 30.3 Å². The standard InChI is InChI=1S/C16H21NO4/c1-16(2,3)21-15(20)17-10-9-12(13(17)14(18)19)11-7-5-4-6-8-11/h4-8,12-13H,9-10H2,1-3H3,(H,18,19)/t12?,13-/m0/s1. The van der Waals surface area contributed by atoms with Crippen LogP contribution in [-0.2, 0) is 9.53 Å². The minimum atomic E-state index is -0.993. The minimum Gasteiger partial charge on any atom is -0.480 e. The summed E-state index contributed by atoms with van der Waals surface area (Å²) in [6.07, 6.45) is 0.0635. The summed E-state index contributed by atoms with van der Waals surface area (Å²) in [5.41, 5.74) is 0.307. The van der Waals surface area contributed by atoms with Crippen LogP contribution in [0.1, 0.15) is 38.7 Å². The molecule has 0 aromatic heterocycles. The number of carboxylic acids is 1. The molecular formula is C16H21NO4. The van der Waals surface area contributed by atoms with Crippen molar-refractivity contribution < 1.29 is 19.4 Å². The molecule has 5 nitrogen and oxygen atoms in total. The van der Waals surface area contributed by atoms with Crippen LogP contribution in [0.5, 0.6) is 0 Å². The summed E-state index contributed by atoms with van der Waals surface area (Å²) in [7, 11) is 0. The molecule has 1 aromatic rings. The fourth-order valence-corrected chi connectivity index (χ4v) is 2.67. The molecule has 1 N–H and O–H groups in total. The molecule has 1 aromatic carbocycles. The summed E-state index contributed by atoms with van der Waals surface area (Å²) < 4.78 is 5.31. The predicted molar refractivity (Wildman–Crippen MR) is 78.2 cm³/mol.